The van der Waals surface area contributed by atoms with Crippen molar-refractivity contribution in [2.45, 2.75) is 75.7 Å². The molecule has 4 amide bonds. The lowest BCUT2D eigenvalue weighted by Crippen LogP contribution is -2.59. The van der Waals surface area contributed by atoms with Crippen molar-refractivity contribution in [3.05, 3.63) is 0 Å². The van der Waals surface area contributed by atoms with E-state index in [0.717, 1.165) is 0 Å². The molecule has 35 heavy (non-hydrogen) atoms. The van der Waals surface area contributed by atoms with Crippen LogP contribution in [0.2, 0.25) is 0 Å². The number of carbonyl (C=O) groups excluding carboxylic acids is 4. The minimum absolute atomic E-state index is 0.0452. The van der Waals surface area contributed by atoms with Gasteiger partial charge in [0.2, 0.25) is 23.6 Å². The summed E-state index contributed by atoms with van der Waals surface area (Å²) in [7, 11) is 0. The number of aliphatic hydroxyl groups excluding tert-OH is 1. The third-order valence-corrected chi connectivity index (χ3v) is 5.48. The number of guanidine groups is 1. The number of hydrogen-bond donors (Lipinski definition) is 8. The molecule has 1 aliphatic rings. The van der Waals surface area contributed by atoms with Gasteiger partial charge in [0.25, 0.3) is 0 Å². The first kappa shape index (κ1) is 29.6. The maximum absolute atomic E-state index is 13.1. The number of aliphatic carboxylic acids is 1. The molecule has 198 valence electrons. The zero-order chi connectivity index (χ0) is 26.7. The van der Waals surface area contributed by atoms with Crippen LogP contribution in [0.5, 0.6) is 0 Å². The molecule has 1 rings (SSSR count). The van der Waals surface area contributed by atoms with Crippen LogP contribution in [0.1, 0.15) is 45.4 Å². The number of nitrogens with two attached hydrogens (primary N) is 4. The number of hydrogen-bond acceptors (Lipinski definition) is 8. The second kappa shape index (κ2) is 14.1. The minimum atomic E-state index is -1.40. The molecule has 1 aliphatic heterocycles. The van der Waals surface area contributed by atoms with Gasteiger partial charge in [0.1, 0.15) is 18.1 Å². The molecule has 0 spiro atoms. The average Bonchev–Trinajstić information content (AvgIpc) is 3.26. The molecule has 0 bridgehead atoms. The molecular formula is C20H36N8O7. The maximum Gasteiger partial charge on any atom is 0.326 e. The smallest absolute Gasteiger partial charge is 0.326 e. The first-order valence-corrected chi connectivity index (χ1v) is 11.3. The lowest BCUT2D eigenvalue weighted by atomic mass is 10.1. The van der Waals surface area contributed by atoms with Gasteiger partial charge in [-0.3, -0.25) is 24.2 Å². The van der Waals surface area contributed by atoms with Crippen molar-refractivity contribution in [1.82, 2.24) is 15.5 Å². The van der Waals surface area contributed by atoms with Crippen LogP contribution < -0.4 is 33.6 Å². The largest absolute Gasteiger partial charge is 0.480 e. The molecule has 0 aromatic rings. The number of carboxylic acid groups (broad SMARTS) is 1. The maximum atomic E-state index is 13.1. The van der Waals surface area contributed by atoms with E-state index in [0.29, 0.717) is 12.8 Å². The van der Waals surface area contributed by atoms with Crippen LogP contribution in [-0.4, -0.2) is 94.0 Å². The minimum Gasteiger partial charge on any atom is -0.480 e. The highest BCUT2D eigenvalue weighted by molar-refractivity contribution is 5.95. The Hall–Kier alpha value is -3.46. The normalized spacial score (nSPS) is 18.6. The molecular weight excluding hydrogens is 464 g/mol. The third-order valence-electron chi connectivity index (χ3n) is 5.48. The number of aliphatic imine (C=N–C) groups is 1. The number of nitrogens with one attached hydrogen (secondary N) is 2. The topological polar surface area (TPSA) is 270 Å². The summed E-state index contributed by atoms with van der Waals surface area (Å²) in [6.45, 7) is 1.65. The van der Waals surface area contributed by atoms with Gasteiger partial charge in [0.15, 0.2) is 5.96 Å². The van der Waals surface area contributed by atoms with Crippen molar-refractivity contribution in [1.29, 1.82) is 0 Å². The lowest BCUT2D eigenvalue weighted by Gasteiger charge is -2.31. The predicted molar refractivity (Wildman–Crippen MR) is 124 cm³/mol. The van der Waals surface area contributed by atoms with Gasteiger partial charge in [0.05, 0.1) is 12.1 Å². The molecule has 1 saturated heterocycles. The monoisotopic (exact) mass is 500 g/mol. The van der Waals surface area contributed by atoms with Crippen LogP contribution in [0.15, 0.2) is 4.99 Å². The summed E-state index contributed by atoms with van der Waals surface area (Å²) in [6, 6.07) is -4.73. The standard InChI is InChI=1S/C20H36N8O7/c1-10(29)15(27-16(31)11(21)6-7-14(22)30)18(33)28-9-3-5-13(28)17(32)26-12(19(34)35)4-2-8-25-20(23)24/h10-13,15,29H,2-9,21H2,1H3,(H2,22,30)(H,26,32)(H,27,31)(H,34,35)(H4,23,24,25). The predicted octanol–water partition coefficient (Wildman–Crippen LogP) is -3.94. The van der Waals surface area contributed by atoms with Crippen molar-refractivity contribution in [3.63, 3.8) is 0 Å². The Kier molecular flexibility index (Phi) is 11.9. The van der Waals surface area contributed by atoms with E-state index in [-0.39, 0.29) is 44.7 Å². The number of primary amides is 1. The fraction of sp³-hybridized carbons (Fsp3) is 0.700. The van der Waals surface area contributed by atoms with Gasteiger partial charge >= 0.3 is 5.97 Å². The molecule has 5 atom stereocenters. The number of likely N-dealkylation sites (tertiary alicyclic amines) is 1. The van der Waals surface area contributed by atoms with E-state index in [1.54, 1.807) is 0 Å². The second-order valence-corrected chi connectivity index (χ2v) is 8.38. The van der Waals surface area contributed by atoms with Crippen LogP contribution in [0, 0.1) is 0 Å². The second-order valence-electron chi connectivity index (χ2n) is 8.38. The van der Waals surface area contributed by atoms with Crippen molar-refractivity contribution in [3.8, 4) is 0 Å². The van der Waals surface area contributed by atoms with E-state index in [1.807, 2.05) is 0 Å². The van der Waals surface area contributed by atoms with Crippen molar-refractivity contribution in [2.24, 2.45) is 27.9 Å². The molecule has 0 aromatic heterocycles. The Morgan fingerprint density at radius 1 is 1.11 bits per heavy atom. The van der Waals surface area contributed by atoms with Crippen LogP contribution in [0.3, 0.4) is 0 Å². The molecule has 0 saturated carbocycles. The Morgan fingerprint density at radius 2 is 1.77 bits per heavy atom. The molecule has 1 heterocycles. The highest BCUT2D eigenvalue weighted by Gasteiger charge is 2.40. The van der Waals surface area contributed by atoms with Crippen LogP contribution >= 0.6 is 0 Å². The summed E-state index contributed by atoms with van der Waals surface area (Å²) in [6.07, 6.45) is -0.394. The van der Waals surface area contributed by atoms with Crippen molar-refractivity contribution < 1.29 is 34.2 Å². The number of carbonyl (C=O) groups is 5. The van der Waals surface area contributed by atoms with Gasteiger partial charge < -0.3 is 48.7 Å². The van der Waals surface area contributed by atoms with Crippen LogP contribution in [0.4, 0.5) is 0 Å². The highest BCUT2D eigenvalue weighted by atomic mass is 16.4. The zero-order valence-corrected chi connectivity index (χ0v) is 19.7. The molecule has 15 heteroatoms. The van der Waals surface area contributed by atoms with Crippen LogP contribution in [-0.2, 0) is 24.0 Å². The average molecular weight is 501 g/mol. The van der Waals surface area contributed by atoms with Crippen molar-refractivity contribution in [2.75, 3.05) is 13.1 Å². The number of amides is 4. The first-order chi connectivity index (χ1) is 16.3. The Morgan fingerprint density at radius 3 is 2.31 bits per heavy atom. The molecule has 0 aliphatic carbocycles. The molecule has 1 fully saturated rings. The summed E-state index contributed by atoms with van der Waals surface area (Å²) in [5, 5.41) is 24.3. The lowest BCUT2D eigenvalue weighted by molar-refractivity contribution is -0.146. The molecule has 5 unspecified atom stereocenters. The highest BCUT2D eigenvalue weighted by Crippen LogP contribution is 2.20. The zero-order valence-electron chi connectivity index (χ0n) is 19.7. The number of rotatable bonds is 14. The quantitative estimate of drug-likeness (QED) is 0.0651. The number of carboxylic acids is 1. The Balaban J connectivity index is 2.84. The number of aliphatic hydroxyl groups is 1. The summed E-state index contributed by atoms with van der Waals surface area (Å²) in [5.74, 6) is -4.17. The summed E-state index contributed by atoms with van der Waals surface area (Å²) >= 11 is 0. The number of nitrogens with zero attached hydrogens (tertiary/aromatic N) is 2. The van der Waals surface area contributed by atoms with E-state index in [9.17, 15) is 34.2 Å². The van der Waals surface area contributed by atoms with Gasteiger partial charge in [0, 0.05) is 19.5 Å². The van der Waals surface area contributed by atoms with E-state index in [1.165, 1.54) is 11.8 Å². The van der Waals surface area contributed by atoms with E-state index >= 15 is 0 Å². The van der Waals surface area contributed by atoms with Gasteiger partial charge in [-0.05, 0) is 39.0 Å². The molecule has 12 N–H and O–H groups in total. The summed E-state index contributed by atoms with van der Waals surface area (Å²) in [5.41, 5.74) is 21.2. The Bertz CT molecular complexity index is 815. The van der Waals surface area contributed by atoms with Crippen LogP contribution in [0.25, 0.3) is 0 Å². The van der Waals surface area contributed by atoms with Gasteiger partial charge in [-0.2, -0.15) is 0 Å². The third kappa shape index (κ3) is 9.74. The van der Waals surface area contributed by atoms with E-state index in [4.69, 9.17) is 22.9 Å². The SMILES string of the molecule is CC(O)C(NC(=O)C(N)CCC(N)=O)C(=O)N1CCCC1C(=O)NC(CCCN=C(N)N)C(=O)O. The summed E-state index contributed by atoms with van der Waals surface area (Å²) in [4.78, 5) is 65.7. The fourth-order valence-electron chi connectivity index (χ4n) is 3.59. The van der Waals surface area contributed by atoms with Crippen molar-refractivity contribution >= 4 is 35.6 Å². The summed E-state index contributed by atoms with van der Waals surface area (Å²) < 4.78 is 0. The van der Waals surface area contributed by atoms with Gasteiger partial charge in [-0.1, -0.05) is 0 Å². The fourth-order valence-corrected chi connectivity index (χ4v) is 3.59. The molecule has 15 nitrogen and oxygen atoms in total. The van der Waals surface area contributed by atoms with Gasteiger partial charge in [-0.25, -0.2) is 4.79 Å². The first-order valence-electron chi connectivity index (χ1n) is 11.3. The van der Waals surface area contributed by atoms with Gasteiger partial charge in [-0.15, -0.1) is 0 Å². The molecule has 0 aromatic carbocycles. The van der Waals surface area contributed by atoms with E-state index in [2.05, 4.69) is 15.6 Å². The Labute approximate surface area is 202 Å². The molecule has 0 radical (unpaired) electrons. The van der Waals surface area contributed by atoms with E-state index < -0.39 is 59.9 Å².